The predicted octanol–water partition coefficient (Wildman–Crippen LogP) is 4.19. The summed E-state index contributed by atoms with van der Waals surface area (Å²) < 4.78 is 7.56. The number of aromatic nitrogens is 1. The Kier molecular flexibility index (Phi) is 3.48. The zero-order valence-electron chi connectivity index (χ0n) is 12.5. The Labute approximate surface area is 128 Å². The van der Waals surface area contributed by atoms with Crippen LogP contribution in [0, 0.1) is 18.3 Å². The van der Waals surface area contributed by atoms with Crippen molar-refractivity contribution >= 4 is 0 Å². The van der Waals surface area contributed by atoms with Gasteiger partial charge in [-0.1, -0.05) is 6.92 Å². The van der Waals surface area contributed by atoms with E-state index in [0.717, 1.165) is 28.9 Å². The average Bonchev–Trinajstić information content (AvgIpc) is 3.10. The Hall–Kier alpha value is -2.93. The molecule has 2 heterocycles. The second-order valence-corrected chi connectivity index (χ2v) is 5.16. The number of hydrogen-bond acceptors (Lipinski definition) is 3. The van der Waals surface area contributed by atoms with Gasteiger partial charge in [0.1, 0.15) is 17.5 Å². The Morgan fingerprint density at radius 2 is 1.95 bits per heavy atom. The third kappa shape index (κ3) is 2.17. The fourth-order valence-electron chi connectivity index (χ4n) is 2.61. The van der Waals surface area contributed by atoms with Gasteiger partial charge in [-0.25, -0.2) is 0 Å². The fourth-order valence-corrected chi connectivity index (χ4v) is 2.61. The number of phenolic OH excluding ortho intramolecular Hbond substituents is 1. The van der Waals surface area contributed by atoms with Gasteiger partial charge in [0, 0.05) is 11.9 Å². The van der Waals surface area contributed by atoms with Crippen LogP contribution in [0.4, 0.5) is 0 Å². The number of phenols is 1. The van der Waals surface area contributed by atoms with Crippen LogP contribution in [0.3, 0.4) is 0 Å². The molecule has 3 rings (SSSR count). The Bertz CT molecular complexity index is 848. The first-order valence-electron chi connectivity index (χ1n) is 7.14. The lowest BCUT2D eigenvalue weighted by Gasteiger charge is -2.09. The van der Waals surface area contributed by atoms with Crippen molar-refractivity contribution in [3.05, 3.63) is 59.5 Å². The van der Waals surface area contributed by atoms with Gasteiger partial charge in [0.15, 0.2) is 5.76 Å². The maximum absolute atomic E-state index is 9.58. The van der Waals surface area contributed by atoms with Crippen molar-refractivity contribution in [3.8, 4) is 29.0 Å². The third-order valence-corrected chi connectivity index (χ3v) is 3.78. The van der Waals surface area contributed by atoms with Crippen molar-refractivity contribution in [1.82, 2.24) is 4.57 Å². The van der Waals surface area contributed by atoms with Gasteiger partial charge in [-0.3, -0.25) is 0 Å². The summed E-state index contributed by atoms with van der Waals surface area (Å²) >= 11 is 0. The predicted molar refractivity (Wildman–Crippen MR) is 84.0 cm³/mol. The van der Waals surface area contributed by atoms with E-state index in [1.165, 1.54) is 0 Å². The number of aryl methyl sites for hydroxylation is 2. The van der Waals surface area contributed by atoms with Gasteiger partial charge in [0.25, 0.3) is 0 Å². The van der Waals surface area contributed by atoms with Crippen molar-refractivity contribution in [1.29, 1.82) is 5.26 Å². The molecule has 2 aromatic heterocycles. The molecule has 0 saturated heterocycles. The highest BCUT2D eigenvalue weighted by Crippen LogP contribution is 2.34. The van der Waals surface area contributed by atoms with E-state index in [1.807, 2.05) is 42.8 Å². The molecule has 4 heteroatoms. The molecule has 110 valence electrons. The number of nitriles is 1. The highest BCUT2D eigenvalue weighted by atomic mass is 16.3. The van der Waals surface area contributed by atoms with Crippen molar-refractivity contribution in [3.63, 3.8) is 0 Å². The molecule has 0 aliphatic heterocycles. The monoisotopic (exact) mass is 292 g/mol. The summed E-state index contributed by atoms with van der Waals surface area (Å²) in [6.45, 7) is 3.98. The van der Waals surface area contributed by atoms with Crippen molar-refractivity contribution in [2.75, 3.05) is 0 Å². The van der Waals surface area contributed by atoms with Crippen LogP contribution in [-0.4, -0.2) is 9.67 Å². The van der Waals surface area contributed by atoms with Crippen LogP contribution in [0.5, 0.6) is 5.75 Å². The van der Waals surface area contributed by atoms with Crippen molar-refractivity contribution in [2.24, 2.45) is 0 Å². The van der Waals surface area contributed by atoms with Crippen LogP contribution in [0.2, 0.25) is 0 Å². The molecule has 3 aromatic rings. The van der Waals surface area contributed by atoms with Crippen LogP contribution in [0.25, 0.3) is 17.1 Å². The minimum absolute atomic E-state index is 0.211. The zero-order chi connectivity index (χ0) is 15.7. The summed E-state index contributed by atoms with van der Waals surface area (Å²) in [6.07, 6.45) is 4.36. The first-order valence-corrected chi connectivity index (χ1v) is 7.14. The van der Waals surface area contributed by atoms with Crippen LogP contribution in [0.15, 0.2) is 47.2 Å². The number of nitrogens with zero attached hydrogens (tertiary/aromatic N) is 2. The molecule has 4 nitrogen and oxygen atoms in total. The minimum atomic E-state index is 0.211. The zero-order valence-corrected chi connectivity index (χ0v) is 12.5. The van der Waals surface area contributed by atoms with Crippen LogP contribution < -0.4 is 0 Å². The van der Waals surface area contributed by atoms with Gasteiger partial charge in [0.2, 0.25) is 0 Å². The lowest BCUT2D eigenvalue weighted by molar-refractivity contribution is 0.475. The molecule has 0 spiro atoms. The minimum Gasteiger partial charge on any atom is -0.508 e. The standard InChI is InChI=1S/C18H16N2O2/c1-3-13-11-20(14-4-6-15(21)7-5-14)17(16(13)10-19)18-12(2)8-9-22-18/h4-9,11,21H,3H2,1-2H3. The molecule has 0 saturated carbocycles. The lowest BCUT2D eigenvalue weighted by Crippen LogP contribution is -1.96. The van der Waals surface area contributed by atoms with Gasteiger partial charge >= 0.3 is 0 Å². The molecule has 0 amide bonds. The summed E-state index contributed by atoms with van der Waals surface area (Å²) in [4.78, 5) is 0. The first kappa shape index (κ1) is 14.0. The molecule has 0 aliphatic rings. The van der Waals surface area contributed by atoms with Crippen molar-refractivity contribution in [2.45, 2.75) is 20.3 Å². The average molecular weight is 292 g/mol. The summed E-state index contributed by atoms with van der Waals surface area (Å²) in [6, 6.07) is 11.1. The van der Waals surface area contributed by atoms with E-state index < -0.39 is 0 Å². The summed E-state index contributed by atoms with van der Waals surface area (Å²) in [5.74, 6) is 0.909. The molecule has 0 fully saturated rings. The molecular weight excluding hydrogens is 276 g/mol. The highest BCUT2D eigenvalue weighted by Gasteiger charge is 2.21. The largest absolute Gasteiger partial charge is 0.508 e. The third-order valence-electron chi connectivity index (χ3n) is 3.78. The van der Waals surface area contributed by atoms with Gasteiger partial charge in [-0.15, -0.1) is 0 Å². The Balaban J connectivity index is 2.31. The maximum Gasteiger partial charge on any atom is 0.154 e. The fraction of sp³-hybridized carbons (Fsp3) is 0.167. The van der Waals surface area contributed by atoms with Gasteiger partial charge in [0.05, 0.1) is 11.8 Å². The first-order chi connectivity index (χ1) is 10.7. The number of furan rings is 1. The Morgan fingerprint density at radius 3 is 2.50 bits per heavy atom. The number of hydrogen-bond donors (Lipinski definition) is 1. The van der Waals surface area contributed by atoms with Crippen molar-refractivity contribution < 1.29 is 9.52 Å². The molecule has 0 unspecified atom stereocenters. The number of aromatic hydroxyl groups is 1. The van der Waals surface area contributed by atoms with Gasteiger partial charge in [-0.2, -0.15) is 5.26 Å². The quantitative estimate of drug-likeness (QED) is 0.787. The number of rotatable bonds is 3. The highest BCUT2D eigenvalue weighted by molar-refractivity contribution is 5.70. The van der Waals surface area contributed by atoms with Crippen LogP contribution in [-0.2, 0) is 6.42 Å². The second-order valence-electron chi connectivity index (χ2n) is 5.16. The van der Waals surface area contributed by atoms with E-state index >= 15 is 0 Å². The van der Waals surface area contributed by atoms with E-state index in [9.17, 15) is 10.4 Å². The molecule has 0 atom stereocenters. The summed E-state index contributed by atoms with van der Waals surface area (Å²) in [5, 5.41) is 19.1. The van der Waals surface area contributed by atoms with Crippen LogP contribution >= 0.6 is 0 Å². The molecule has 1 N–H and O–H groups in total. The molecule has 0 aliphatic carbocycles. The normalized spacial score (nSPS) is 10.6. The van der Waals surface area contributed by atoms with E-state index in [-0.39, 0.29) is 5.75 Å². The SMILES string of the molecule is CCc1cn(-c2ccc(O)cc2)c(-c2occc2C)c1C#N. The molecule has 22 heavy (non-hydrogen) atoms. The van der Waals surface area contributed by atoms with E-state index in [0.29, 0.717) is 11.3 Å². The topological polar surface area (TPSA) is 62.1 Å². The Morgan fingerprint density at radius 1 is 1.23 bits per heavy atom. The number of benzene rings is 1. The second kappa shape index (κ2) is 5.45. The van der Waals surface area contributed by atoms with Crippen LogP contribution in [0.1, 0.15) is 23.6 Å². The summed E-state index contributed by atoms with van der Waals surface area (Å²) in [7, 11) is 0. The van der Waals surface area contributed by atoms with Gasteiger partial charge in [-0.05, 0) is 54.8 Å². The molecular formula is C18H16N2O2. The van der Waals surface area contributed by atoms with Gasteiger partial charge < -0.3 is 14.1 Å². The van der Waals surface area contributed by atoms with E-state index in [1.54, 1.807) is 18.4 Å². The molecule has 1 aromatic carbocycles. The maximum atomic E-state index is 9.58. The molecule has 0 bridgehead atoms. The lowest BCUT2D eigenvalue weighted by atomic mass is 10.1. The smallest absolute Gasteiger partial charge is 0.154 e. The van der Waals surface area contributed by atoms with E-state index in [4.69, 9.17) is 4.42 Å². The van der Waals surface area contributed by atoms with E-state index in [2.05, 4.69) is 6.07 Å². The summed E-state index contributed by atoms with van der Waals surface area (Å²) in [5.41, 5.74) is 4.22. The molecule has 0 radical (unpaired) electrons.